The zero-order valence-electron chi connectivity index (χ0n) is 15.3. The van der Waals surface area contributed by atoms with E-state index in [2.05, 4.69) is 5.32 Å². The Morgan fingerprint density at radius 3 is 2.15 bits per heavy atom. The fourth-order valence-electron chi connectivity index (χ4n) is 2.58. The van der Waals surface area contributed by atoms with Crippen LogP contribution in [0.15, 0.2) is 90.6 Å². The highest BCUT2D eigenvalue weighted by Gasteiger charge is 2.05. The first kappa shape index (κ1) is 18.3. The fourth-order valence-corrected chi connectivity index (χ4v) is 2.58. The van der Waals surface area contributed by atoms with Gasteiger partial charge in [-0.2, -0.15) is 0 Å². The minimum atomic E-state index is -0.0308. The van der Waals surface area contributed by atoms with Crippen molar-refractivity contribution in [3.8, 4) is 17.2 Å². The van der Waals surface area contributed by atoms with Gasteiger partial charge in [-0.05, 0) is 43.3 Å². The van der Waals surface area contributed by atoms with Crippen molar-refractivity contribution in [3.63, 3.8) is 0 Å². The number of para-hydroxylation sites is 2. The van der Waals surface area contributed by atoms with Crippen molar-refractivity contribution in [2.45, 2.75) is 6.92 Å². The molecule has 0 spiro atoms. The van der Waals surface area contributed by atoms with Crippen LogP contribution in [0.1, 0.15) is 17.3 Å². The highest BCUT2D eigenvalue weighted by atomic mass is 16.5. The SMILES string of the molecule is COc1ccccc1Oc1ccc(N/C(C)=C/C(=O)c2ccccc2)cc1. The van der Waals surface area contributed by atoms with Gasteiger partial charge in [-0.1, -0.05) is 42.5 Å². The second-order valence-corrected chi connectivity index (χ2v) is 5.96. The second kappa shape index (κ2) is 8.72. The summed E-state index contributed by atoms with van der Waals surface area (Å²) in [6.07, 6.45) is 1.59. The maximum absolute atomic E-state index is 12.2. The molecule has 0 heterocycles. The smallest absolute Gasteiger partial charge is 0.187 e. The lowest BCUT2D eigenvalue weighted by molar-refractivity contribution is 0.104. The minimum absolute atomic E-state index is 0.0308. The van der Waals surface area contributed by atoms with Crippen LogP contribution in [-0.4, -0.2) is 12.9 Å². The van der Waals surface area contributed by atoms with Crippen LogP contribution < -0.4 is 14.8 Å². The second-order valence-electron chi connectivity index (χ2n) is 5.96. The lowest BCUT2D eigenvalue weighted by Gasteiger charge is -2.11. The third kappa shape index (κ3) is 4.98. The third-order valence-corrected chi connectivity index (χ3v) is 3.90. The molecule has 0 atom stereocenters. The van der Waals surface area contributed by atoms with Crippen LogP contribution in [0, 0.1) is 0 Å². The molecule has 0 radical (unpaired) electrons. The van der Waals surface area contributed by atoms with Crippen LogP contribution >= 0.6 is 0 Å². The molecule has 0 saturated carbocycles. The third-order valence-electron chi connectivity index (χ3n) is 3.90. The van der Waals surface area contributed by atoms with Crippen molar-refractivity contribution >= 4 is 11.5 Å². The van der Waals surface area contributed by atoms with E-state index in [4.69, 9.17) is 9.47 Å². The number of anilines is 1. The van der Waals surface area contributed by atoms with Gasteiger partial charge >= 0.3 is 0 Å². The topological polar surface area (TPSA) is 47.6 Å². The average molecular weight is 359 g/mol. The van der Waals surface area contributed by atoms with Crippen LogP contribution in [0.2, 0.25) is 0 Å². The van der Waals surface area contributed by atoms with Crippen LogP contribution in [0.5, 0.6) is 17.2 Å². The highest BCUT2D eigenvalue weighted by molar-refractivity contribution is 6.05. The predicted octanol–water partition coefficient (Wildman–Crippen LogP) is 5.69. The van der Waals surface area contributed by atoms with Gasteiger partial charge in [0.25, 0.3) is 0 Å². The largest absolute Gasteiger partial charge is 0.493 e. The van der Waals surface area contributed by atoms with Crippen molar-refractivity contribution in [2.75, 3.05) is 12.4 Å². The van der Waals surface area contributed by atoms with Gasteiger partial charge in [0.15, 0.2) is 17.3 Å². The summed E-state index contributed by atoms with van der Waals surface area (Å²) in [5.41, 5.74) is 2.30. The zero-order valence-corrected chi connectivity index (χ0v) is 15.3. The van der Waals surface area contributed by atoms with E-state index < -0.39 is 0 Å². The van der Waals surface area contributed by atoms with Crippen molar-refractivity contribution in [1.29, 1.82) is 0 Å². The number of carbonyl (C=O) groups excluding carboxylic acids is 1. The first-order chi connectivity index (χ1) is 13.2. The molecule has 0 saturated heterocycles. The first-order valence-electron chi connectivity index (χ1n) is 8.61. The van der Waals surface area contributed by atoms with E-state index in [1.807, 2.05) is 73.7 Å². The van der Waals surface area contributed by atoms with Crippen LogP contribution in [0.25, 0.3) is 0 Å². The molecule has 0 aromatic heterocycles. The van der Waals surface area contributed by atoms with Gasteiger partial charge in [-0.25, -0.2) is 0 Å². The Labute approximate surface area is 159 Å². The maximum atomic E-state index is 12.2. The van der Waals surface area contributed by atoms with E-state index >= 15 is 0 Å². The normalized spacial score (nSPS) is 11.0. The molecule has 3 aromatic rings. The molecule has 0 fully saturated rings. The molecule has 0 bridgehead atoms. The molecule has 136 valence electrons. The van der Waals surface area contributed by atoms with Gasteiger partial charge in [0.05, 0.1) is 7.11 Å². The number of nitrogens with one attached hydrogen (secondary N) is 1. The number of benzene rings is 3. The Hall–Kier alpha value is -3.53. The standard InChI is InChI=1S/C23H21NO3/c1-17(16-21(25)18-8-4-3-5-9-18)24-19-12-14-20(15-13-19)27-23-11-7-6-10-22(23)26-2/h3-16,24H,1-2H3/b17-16+. The van der Waals surface area contributed by atoms with E-state index in [1.54, 1.807) is 25.3 Å². The number of rotatable bonds is 7. The summed E-state index contributed by atoms with van der Waals surface area (Å²) in [7, 11) is 1.61. The Kier molecular flexibility index (Phi) is 5.90. The lowest BCUT2D eigenvalue weighted by atomic mass is 10.1. The number of allylic oxidation sites excluding steroid dienone is 2. The minimum Gasteiger partial charge on any atom is -0.493 e. The Bertz CT molecular complexity index is 931. The highest BCUT2D eigenvalue weighted by Crippen LogP contribution is 2.31. The van der Waals surface area contributed by atoms with Gasteiger partial charge in [-0.15, -0.1) is 0 Å². The maximum Gasteiger partial charge on any atom is 0.187 e. The molecule has 0 amide bonds. The summed E-state index contributed by atoms with van der Waals surface area (Å²) in [4.78, 5) is 12.2. The molecule has 3 aromatic carbocycles. The van der Waals surface area contributed by atoms with Crippen LogP contribution in [0.4, 0.5) is 5.69 Å². The van der Waals surface area contributed by atoms with E-state index in [-0.39, 0.29) is 5.78 Å². The number of hydrogen-bond donors (Lipinski definition) is 1. The monoisotopic (exact) mass is 359 g/mol. The summed E-state index contributed by atoms with van der Waals surface area (Å²) in [5.74, 6) is 2.01. The lowest BCUT2D eigenvalue weighted by Crippen LogP contribution is -2.01. The molecule has 0 aliphatic rings. The van der Waals surface area contributed by atoms with E-state index in [9.17, 15) is 4.79 Å². The summed E-state index contributed by atoms with van der Waals surface area (Å²) in [6, 6.07) is 24.2. The van der Waals surface area contributed by atoms with Crippen molar-refractivity contribution < 1.29 is 14.3 Å². The van der Waals surface area contributed by atoms with Gasteiger partial charge in [0, 0.05) is 23.0 Å². The van der Waals surface area contributed by atoms with Crippen molar-refractivity contribution in [3.05, 3.63) is 96.2 Å². The zero-order chi connectivity index (χ0) is 19.1. The molecular weight excluding hydrogens is 338 g/mol. The Balaban J connectivity index is 1.65. The molecule has 4 nitrogen and oxygen atoms in total. The molecule has 0 aliphatic carbocycles. The molecule has 0 aliphatic heterocycles. The summed E-state index contributed by atoms with van der Waals surface area (Å²) in [5, 5.41) is 3.22. The van der Waals surface area contributed by atoms with Crippen molar-refractivity contribution in [2.24, 2.45) is 0 Å². The molecule has 3 rings (SSSR count). The molecule has 27 heavy (non-hydrogen) atoms. The number of carbonyl (C=O) groups is 1. The molecule has 1 N–H and O–H groups in total. The summed E-state index contributed by atoms with van der Waals surface area (Å²) in [6.45, 7) is 1.86. The van der Waals surface area contributed by atoms with Crippen LogP contribution in [-0.2, 0) is 0 Å². The van der Waals surface area contributed by atoms with E-state index in [0.717, 1.165) is 11.4 Å². The molecule has 0 unspecified atom stereocenters. The average Bonchev–Trinajstić information content (AvgIpc) is 2.70. The number of methoxy groups -OCH3 is 1. The number of ether oxygens (including phenoxy) is 2. The molecular formula is C23H21NO3. The number of hydrogen-bond acceptors (Lipinski definition) is 4. The first-order valence-corrected chi connectivity index (χ1v) is 8.61. The van der Waals surface area contributed by atoms with Gasteiger partial charge in [0.1, 0.15) is 5.75 Å². The van der Waals surface area contributed by atoms with Gasteiger partial charge in [-0.3, -0.25) is 4.79 Å². The van der Waals surface area contributed by atoms with Crippen molar-refractivity contribution in [1.82, 2.24) is 0 Å². The van der Waals surface area contributed by atoms with Crippen LogP contribution in [0.3, 0.4) is 0 Å². The van der Waals surface area contributed by atoms with Gasteiger partial charge < -0.3 is 14.8 Å². The Morgan fingerprint density at radius 2 is 1.48 bits per heavy atom. The molecule has 4 heteroatoms. The predicted molar refractivity (Wildman–Crippen MR) is 108 cm³/mol. The fraction of sp³-hybridized carbons (Fsp3) is 0.0870. The Morgan fingerprint density at radius 1 is 0.852 bits per heavy atom. The van der Waals surface area contributed by atoms with E-state index in [1.165, 1.54) is 0 Å². The summed E-state index contributed by atoms with van der Waals surface area (Å²) >= 11 is 0. The number of ketones is 1. The van der Waals surface area contributed by atoms with E-state index in [0.29, 0.717) is 22.8 Å². The summed E-state index contributed by atoms with van der Waals surface area (Å²) < 4.78 is 11.2. The quantitative estimate of drug-likeness (QED) is 0.435. The van der Waals surface area contributed by atoms with Gasteiger partial charge in [0.2, 0.25) is 0 Å².